The second kappa shape index (κ2) is 4.59. The zero-order valence-corrected chi connectivity index (χ0v) is 13.0. The molecule has 0 amide bonds. The first-order valence-electron chi connectivity index (χ1n) is 8.72. The third-order valence-corrected chi connectivity index (χ3v) is 6.37. The molecule has 2 atom stereocenters. The molecule has 0 radical (unpaired) electrons. The number of hydrogen-bond acceptors (Lipinski definition) is 0. The molecule has 0 heteroatoms. The minimum Gasteiger partial charge on any atom is -0.0850 e. The topological polar surface area (TPSA) is 0 Å². The van der Waals surface area contributed by atoms with Gasteiger partial charge in [-0.3, -0.25) is 0 Å². The van der Waals surface area contributed by atoms with Crippen LogP contribution >= 0.6 is 0 Å². The quantitative estimate of drug-likeness (QED) is 0.593. The van der Waals surface area contributed by atoms with Crippen LogP contribution in [-0.4, -0.2) is 0 Å². The Bertz CT molecular complexity index is 753. The molecule has 1 spiro atoms. The van der Waals surface area contributed by atoms with Crippen LogP contribution in [0.15, 0.2) is 60.2 Å². The van der Waals surface area contributed by atoms with E-state index >= 15 is 0 Å². The third kappa shape index (κ3) is 1.64. The van der Waals surface area contributed by atoms with Crippen LogP contribution in [0.2, 0.25) is 0 Å². The van der Waals surface area contributed by atoms with Crippen LogP contribution in [0.3, 0.4) is 0 Å². The lowest BCUT2D eigenvalue weighted by Crippen LogP contribution is -2.35. The summed E-state index contributed by atoms with van der Waals surface area (Å²) in [6.45, 7) is 0. The lowest BCUT2D eigenvalue weighted by atomic mass is 9.62. The van der Waals surface area contributed by atoms with Crippen LogP contribution in [0, 0.1) is 5.92 Å². The monoisotopic (exact) mass is 286 g/mol. The molecule has 0 N–H and O–H groups in total. The van der Waals surface area contributed by atoms with Crippen molar-refractivity contribution >= 4 is 0 Å². The smallest absolute Gasteiger partial charge is 0.00274 e. The summed E-state index contributed by atoms with van der Waals surface area (Å²) in [4.78, 5) is 0. The van der Waals surface area contributed by atoms with Gasteiger partial charge in [-0.2, -0.15) is 0 Å². The molecule has 1 fully saturated rings. The third-order valence-electron chi connectivity index (χ3n) is 6.37. The number of hydrogen-bond donors (Lipinski definition) is 0. The van der Waals surface area contributed by atoms with E-state index in [4.69, 9.17) is 0 Å². The molecule has 0 saturated heterocycles. The summed E-state index contributed by atoms with van der Waals surface area (Å²) in [5.41, 5.74) is 8.42. The molecule has 0 heterocycles. The summed E-state index contributed by atoms with van der Waals surface area (Å²) in [6, 6.07) is 18.0. The highest BCUT2D eigenvalue weighted by Crippen LogP contribution is 2.59. The Hall–Kier alpha value is -1.82. The predicted octanol–water partition coefficient (Wildman–Crippen LogP) is 5.67. The summed E-state index contributed by atoms with van der Waals surface area (Å²) < 4.78 is 0. The van der Waals surface area contributed by atoms with E-state index < -0.39 is 0 Å². The van der Waals surface area contributed by atoms with Crippen molar-refractivity contribution in [1.29, 1.82) is 0 Å². The standard InChI is InChI=1S/C22H22/c1-2-6-17(7-3-1)19-8-4-10-21-20(19)9-5-13-22(21)15-16-11-12-18(22)14-16/h1-4,6-8,10-11,18H,5,9,12-15H2. The largest absolute Gasteiger partial charge is 0.0850 e. The van der Waals surface area contributed by atoms with Crippen molar-refractivity contribution in [3.05, 3.63) is 71.3 Å². The van der Waals surface area contributed by atoms with Crippen LogP contribution in [0.5, 0.6) is 0 Å². The lowest BCUT2D eigenvalue weighted by molar-refractivity contribution is 0.270. The van der Waals surface area contributed by atoms with Gasteiger partial charge in [-0.1, -0.05) is 60.2 Å². The molecule has 5 rings (SSSR count). The second-order valence-electron chi connectivity index (χ2n) is 7.38. The molecule has 3 aliphatic rings. The molecule has 110 valence electrons. The fourth-order valence-electron chi connectivity index (χ4n) is 5.44. The van der Waals surface area contributed by atoms with Gasteiger partial charge >= 0.3 is 0 Å². The van der Waals surface area contributed by atoms with Gasteiger partial charge in [0.15, 0.2) is 0 Å². The summed E-state index contributed by atoms with van der Waals surface area (Å²) in [7, 11) is 0. The Labute approximate surface area is 132 Å². The zero-order chi connectivity index (χ0) is 14.6. The van der Waals surface area contributed by atoms with E-state index in [0.717, 1.165) is 5.92 Å². The molecular weight excluding hydrogens is 264 g/mol. The van der Waals surface area contributed by atoms with Crippen LogP contribution in [0.4, 0.5) is 0 Å². The minimum absolute atomic E-state index is 0.475. The van der Waals surface area contributed by atoms with Crippen LogP contribution < -0.4 is 0 Å². The Kier molecular flexibility index (Phi) is 2.65. The van der Waals surface area contributed by atoms with Gasteiger partial charge in [0.1, 0.15) is 0 Å². The van der Waals surface area contributed by atoms with E-state index in [0.29, 0.717) is 5.41 Å². The fourth-order valence-corrected chi connectivity index (χ4v) is 5.44. The van der Waals surface area contributed by atoms with Crippen molar-refractivity contribution in [2.45, 2.75) is 43.9 Å². The van der Waals surface area contributed by atoms with Crippen molar-refractivity contribution in [3.63, 3.8) is 0 Å². The van der Waals surface area contributed by atoms with Crippen LogP contribution in [0.1, 0.15) is 43.2 Å². The maximum Gasteiger partial charge on any atom is 0.00274 e. The van der Waals surface area contributed by atoms with Crippen molar-refractivity contribution < 1.29 is 0 Å². The molecule has 2 aromatic carbocycles. The van der Waals surface area contributed by atoms with Gasteiger partial charge in [0.05, 0.1) is 0 Å². The number of rotatable bonds is 1. The molecular formula is C22H22. The van der Waals surface area contributed by atoms with Crippen molar-refractivity contribution in [2.75, 3.05) is 0 Å². The Morgan fingerprint density at radius 2 is 1.86 bits per heavy atom. The molecule has 2 aromatic rings. The average Bonchev–Trinajstić information content (AvgIpc) is 3.17. The number of fused-ring (bicyclic) bond motifs is 5. The van der Waals surface area contributed by atoms with Gasteiger partial charge in [0.2, 0.25) is 0 Å². The first-order chi connectivity index (χ1) is 10.9. The number of benzene rings is 2. The second-order valence-corrected chi connectivity index (χ2v) is 7.38. The predicted molar refractivity (Wildman–Crippen MR) is 91.9 cm³/mol. The Morgan fingerprint density at radius 1 is 0.955 bits per heavy atom. The first kappa shape index (κ1) is 12.7. The van der Waals surface area contributed by atoms with Gasteiger partial charge in [-0.15, -0.1) is 0 Å². The summed E-state index contributed by atoms with van der Waals surface area (Å²) >= 11 is 0. The Balaban J connectivity index is 1.70. The highest BCUT2D eigenvalue weighted by atomic mass is 14.5. The van der Waals surface area contributed by atoms with Gasteiger partial charge in [0.25, 0.3) is 0 Å². The molecule has 2 bridgehead atoms. The van der Waals surface area contributed by atoms with Gasteiger partial charge in [-0.25, -0.2) is 0 Å². The van der Waals surface area contributed by atoms with Crippen LogP contribution in [-0.2, 0) is 11.8 Å². The Morgan fingerprint density at radius 3 is 2.64 bits per heavy atom. The zero-order valence-electron chi connectivity index (χ0n) is 13.0. The highest BCUT2D eigenvalue weighted by Gasteiger charge is 2.50. The molecule has 1 saturated carbocycles. The summed E-state index contributed by atoms with van der Waals surface area (Å²) in [5, 5.41) is 0. The summed E-state index contributed by atoms with van der Waals surface area (Å²) in [5.74, 6) is 0.882. The highest BCUT2D eigenvalue weighted by molar-refractivity contribution is 5.70. The van der Waals surface area contributed by atoms with E-state index in [1.54, 1.807) is 16.7 Å². The van der Waals surface area contributed by atoms with Crippen molar-refractivity contribution in [3.8, 4) is 11.1 Å². The van der Waals surface area contributed by atoms with Gasteiger partial charge in [0, 0.05) is 5.41 Å². The maximum atomic E-state index is 2.52. The van der Waals surface area contributed by atoms with Crippen LogP contribution in [0.25, 0.3) is 11.1 Å². The molecule has 0 aliphatic heterocycles. The van der Waals surface area contributed by atoms with E-state index in [9.17, 15) is 0 Å². The molecule has 0 nitrogen and oxygen atoms in total. The first-order valence-corrected chi connectivity index (χ1v) is 8.72. The van der Waals surface area contributed by atoms with E-state index in [1.807, 2.05) is 0 Å². The average molecular weight is 286 g/mol. The van der Waals surface area contributed by atoms with Crippen molar-refractivity contribution in [2.24, 2.45) is 5.92 Å². The number of allylic oxidation sites excluding steroid dienone is 2. The van der Waals surface area contributed by atoms with Crippen molar-refractivity contribution in [1.82, 2.24) is 0 Å². The molecule has 0 aromatic heterocycles. The molecule has 2 unspecified atom stereocenters. The SMILES string of the molecule is C1=C2CC(C1)C1(CCCc3c(-c4ccccc4)cccc31)C2. The van der Waals surface area contributed by atoms with E-state index in [2.05, 4.69) is 54.6 Å². The fraction of sp³-hybridized carbons (Fsp3) is 0.364. The summed E-state index contributed by atoms with van der Waals surface area (Å²) in [6.07, 6.45) is 10.6. The van der Waals surface area contributed by atoms with E-state index in [1.165, 1.54) is 49.7 Å². The van der Waals surface area contributed by atoms with Gasteiger partial charge in [-0.05, 0) is 66.7 Å². The van der Waals surface area contributed by atoms with Gasteiger partial charge < -0.3 is 0 Å². The maximum absolute atomic E-state index is 2.52. The minimum atomic E-state index is 0.475. The molecule has 22 heavy (non-hydrogen) atoms. The lowest BCUT2D eigenvalue weighted by Gasteiger charge is -2.42. The normalized spacial score (nSPS) is 28.7. The molecule has 3 aliphatic carbocycles. The van der Waals surface area contributed by atoms with E-state index in [-0.39, 0.29) is 0 Å².